The van der Waals surface area contributed by atoms with Gasteiger partial charge in [0.25, 0.3) is 0 Å². The van der Waals surface area contributed by atoms with E-state index in [9.17, 15) is 4.79 Å². The van der Waals surface area contributed by atoms with Crippen molar-refractivity contribution in [2.24, 2.45) is 0 Å². The number of hydrogen-bond acceptors (Lipinski definition) is 5. The maximum absolute atomic E-state index is 12.4. The third-order valence-corrected chi connectivity index (χ3v) is 6.42. The minimum Gasteiger partial charge on any atom is -0.350 e. The molecule has 3 rings (SSSR count). The topological polar surface area (TPSA) is 45.2 Å². The Bertz CT molecular complexity index is 671. The van der Waals surface area contributed by atoms with E-state index in [1.807, 2.05) is 13.8 Å². The Labute approximate surface area is 151 Å². The number of nitrogens with zero attached hydrogens (tertiary/aromatic N) is 2. The van der Waals surface area contributed by atoms with Gasteiger partial charge in [0.1, 0.15) is 0 Å². The number of amides is 1. The van der Waals surface area contributed by atoms with E-state index >= 15 is 0 Å². The average Bonchev–Trinajstić information content (AvgIpc) is 3.13. The van der Waals surface area contributed by atoms with Crippen molar-refractivity contribution in [2.75, 3.05) is 13.1 Å². The molecule has 1 unspecified atom stereocenters. The highest BCUT2D eigenvalue weighted by Gasteiger charge is 2.21. The first-order chi connectivity index (χ1) is 11.6. The van der Waals surface area contributed by atoms with Crippen LogP contribution in [0.2, 0.25) is 0 Å². The molecule has 6 heteroatoms. The fourth-order valence-corrected chi connectivity index (χ4v) is 4.65. The molecule has 0 aliphatic carbocycles. The summed E-state index contributed by atoms with van der Waals surface area (Å²) >= 11 is 3.38. The van der Waals surface area contributed by atoms with Gasteiger partial charge >= 0.3 is 0 Å². The fraction of sp³-hybridized carbons (Fsp3) is 0.556. The molecule has 3 heterocycles. The summed E-state index contributed by atoms with van der Waals surface area (Å²) in [6, 6.07) is 4.15. The van der Waals surface area contributed by atoms with Gasteiger partial charge in [-0.3, -0.25) is 9.69 Å². The summed E-state index contributed by atoms with van der Waals surface area (Å²) < 4.78 is 0. The van der Waals surface area contributed by atoms with Crippen LogP contribution in [0.4, 0.5) is 0 Å². The standard InChI is InChI=1S/C18H25N3OS2/c1-13(21-9-5-3-4-6-10-21)18(22)19-11-15-7-8-17(24-15)16-12-23-14(2)20-16/h7-8,12-13H,3-6,9-11H2,1-2H3,(H,19,22). The SMILES string of the molecule is Cc1nc(-c2ccc(CNC(=O)C(C)N3CCCCCC3)s2)cs1. The van der Waals surface area contributed by atoms with Gasteiger partial charge in [-0.1, -0.05) is 12.8 Å². The number of nitrogens with one attached hydrogen (secondary N) is 1. The second-order valence-electron chi connectivity index (χ2n) is 6.36. The second kappa shape index (κ2) is 8.23. The Morgan fingerprint density at radius 2 is 2.04 bits per heavy atom. The van der Waals surface area contributed by atoms with Crippen LogP contribution in [0.15, 0.2) is 17.5 Å². The summed E-state index contributed by atoms with van der Waals surface area (Å²) in [6.45, 7) is 6.73. The molecule has 1 fully saturated rings. The Kier molecular flexibility index (Phi) is 6.03. The predicted octanol–water partition coefficient (Wildman–Crippen LogP) is 4.06. The van der Waals surface area contributed by atoms with E-state index < -0.39 is 0 Å². The van der Waals surface area contributed by atoms with Crippen LogP contribution in [0.25, 0.3) is 10.6 Å². The van der Waals surface area contributed by atoms with Gasteiger partial charge < -0.3 is 5.32 Å². The first-order valence-electron chi connectivity index (χ1n) is 8.66. The van der Waals surface area contributed by atoms with Crippen LogP contribution in [0, 0.1) is 6.92 Å². The number of carbonyl (C=O) groups is 1. The maximum atomic E-state index is 12.4. The zero-order valence-electron chi connectivity index (χ0n) is 14.4. The molecule has 0 bridgehead atoms. The molecule has 0 aromatic carbocycles. The Morgan fingerprint density at radius 1 is 1.29 bits per heavy atom. The van der Waals surface area contributed by atoms with Crippen LogP contribution < -0.4 is 5.32 Å². The van der Waals surface area contributed by atoms with Gasteiger partial charge in [0.05, 0.1) is 28.2 Å². The van der Waals surface area contributed by atoms with E-state index in [-0.39, 0.29) is 11.9 Å². The van der Waals surface area contributed by atoms with Gasteiger partial charge in [-0.2, -0.15) is 0 Å². The highest BCUT2D eigenvalue weighted by Crippen LogP contribution is 2.28. The number of thiophene rings is 1. The van der Waals surface area contributed by atoms with Crippen molar-refractivity contribution in [3.8, 4) is 10.6 Å². The smallest absolute Gasteiger partial charge is 0.237 e. The van der Waals surface area contributed by atoms with Gasteiger partial charge in [-0.05, 0) is 51.9 Å². The van der Waals surface area contributed by atoms with Gasteiger partial charge in [0.15, 0.2) is 0 Å². The lowest BCUT2D eigenvalue weighted by Crippen LogP contribution is -2.45. The zero-order valence-corrected chi connectivity index (χ0v) is 16.0. The first kappa shape index (κ1) is 17.6. The zero-order chi connectivity index (χ0) is 16.9. The van der Waals surface area contributed by atoms with E-state index in [0.717, 1.165) is 23.8 Å². The minimum absolute atomic E-state index is 0.0382. The number of thiazole rings is 1. The number of rotatable bonds is 5. The number of aromatic nitrogens is 1. The highest BCUT2D eigenvalue weighted by atomic mass is 32.1. The maximum Gasteiger partial charge on any atom is 0.237 e. The van der Waals surface area contributed by atoms with Crippen molar-refractivity contribution in [3.63, 3.8) is 0 Å². The molecule has 1 aliphatic heterocycles. The molecular weight excluding hydrogens is 338 g/mol. The quantitative estimate of drug-likeness (QED) is 0.871. The summed E-state index contributed by atoms with van der Waals surface area (Å²) in [4.78, 5) is 21.6. The van der Waals surface area contributed by atoms with Crippen LogP contribution in [0.1, 0.15) is 42.5 Å². The predicted molar refractivity (Wildman–Crippen MR) is 102 cm³/mol. The molecule has 1 aliphatic rings. The van der Waals surface area contributed by atoms with Crippen LogP contribution in [0.3, 0.4) is 0 Å². The molecule has 4 nitrogen and oxygen atoms in total. The second-order valence-corrected chi connectivity index (χ2v) is 8.59. The van der Waals surface area contributed by atoms with E-state index in [4.69, 9.17) is 0 Å². The van der Waals surface area contributed by atoms with Crippen LogP contribution in [0.5, 0.6) is 0 Å². The number of likely N-dealkylation sites (tertiary alicyclic amines) is 1. The summed E-state index contributed by atoms with van der Waals surface area (Å²) in [5, 5.41) is 6.27. The average molecular weight is 364 g/mol. The van der Waals surface area contributed by atoms with Gasteiger partial charge in [0, 0.05) is 10.3 Å². The van der Waals surface area contributed by atoms with E-state index in [2.05, 4.69) is 32.7 Å². The molecule has 1 N–H and O–H groups in total. The molecule has 1 saturated heterocycles. The highest BCUT2D eigenvalue weighted by molar-refractivity contribution is 7.16. The Balaban J connectivity index is 1.53. The number of hydrogen-bond donors (Lipinski definition) is 1. The van der Waals surface area contributed by atoms with Crippen molar-refractivity contribution >= 4 is 28.6 Å². The van der Waals surface area contributed by atoms with Crippen molar-refractivity contribution in [1.29, 1.82) is 0 Å². The molecule has 2 aromatic rings. The minimum atomic E-state index is -0.0382. The lowest BCUT2D eigenvalue weighted by molar-refractivity contribution is -0.126. The van der Waals surface area contributed by atoms with Crippen molar-refractivity contribution in [1.82, 2.24) is 15.2 Å². The number of carbonyl (C=O) groups excluding carboxylic acids is 1. The summed E-state index contributed by atoms with van der Waals surface area (Å²) in [6.07, 6.45) is 5.00. The summed E-state index contributed by atoms with van der Waals surface area (Å²) in [5.41, 5.74) is 1.04. The lowest BCUT2D eigenvalue weighted by atomic mass is 10.2. The third kappa shape index (κ3) is 4.43. The van der Waals surface area contributed by atoms with Crippen molar-refractivity contribution in [3.05, 3.63) is 27.4 Å². The number of aryl methyl sites for hydroxylation is 1. The molecule has 24 heavy (non-hydrogen) atoms. The van der Waals surface area contributed by atoms with Crippen molar-refractivity contribution in [2.45, 2.75) is 52.1 Å². The van der Waals surface area contributed by atoms with Crippen molar-refractivity contribution < 1.29 is 4.79 Å². The van der Waals surface area contributed by atoms with Gasteiger partial charge in [-0.15, -0.1) is 22.7 Å². The monoisotopic (exact) mass is 363 g/mol. The summed E-state index contributed by atoms with van der Waals surface area (Å²) in [7, 11) is 0. The van der Waals surface area contributed by atoms with Gasteiger partial charge in [0.2, 0.25) is 5.91 Å². The van der Waals surface area contributed by atoms with E-state index in [0.29, 0.717) is 6.54 Å². The molecular formula is C18H25N3OS2. The fourth-order valence-electron chi connectivity index (χ4n) is 3.06. The Hall–Kier alpha value is -1.24. The van der Waals surface area contributed by atoms with E-state index in [1.165, 1.54) is 35.4 Å². The summed E-state index contributed by atoms with van der Waals surface area (Å²) in [5.74, 6) is 0.136. The molecule has 1 amide bonds. The molecule has 0 radical (unpaired) electrons. The van der Waals surface area contributed by atoms with Gasteiger partial charge in [-0.25, -0.2) is 4.98 Å². The molecule has 130 valence electrons. The van der Waals surface area contributed by atoms with Crippen LogP contribution in [-0.2, 0) is 11.3 Å². The molecule has 2 aromatic heterocycles. The van der Waals surface area contributed by atoms with E-state index in [1.54, 1.807) is 22.7 Å². The molecule has 0 saturated carbocycles. The van der Waals surface area contributed by atoms with Crippen LogP contribution in [-0.4, -0.2) is 34.9 Å². The third-order valence-electron chi connectivity index (χ3n) is 4.54. The first-order valence-corrected chi connectivity index (χ1v) is 10.4. The van der Waals surface area contributed by atoms with Crippen LogP contribution >= 0.6 is 22.7 Å². The molecule has 0 spiro atoms. The Morgan fingerprint density at radius 3 is 2.71 bits per heavy atom. The normalized spacial score (nSPS) is 17.4. The largest absolute Gasteiger partial charge is 0.350 e. The molecule has 1 atom stereocenters. The lowest BCUT2D eigenvalue weighted by Gasteiger charge is -2.26.